The Bertz CT molecular complexity index is 722. The van der Waals surface area contributed by atoms with Gasteiger partial charge in [-0.1, -0.05) is 0 Å². The molecule has 0 unspecified atom stereocenters. The minimum absolute atomic E-state index is 0.0161. The molecule has 0 aliphatic rings. The van der Waals surface area contributed by atoms with Crippen LogP contribution in [0.2, 0.25) is 0 Å². The first-order chi connectivity index (χ1) is 13.5. The van der Waals surface area contributed by atoms with Gasteiger partial charge in [0.25, 0.3) is 0 Å². The fourth-order valence-corrected chi connectivity index (χ4v) is 7.13. The Labute approximate surface area is 168 Å². The quantitative estimate of drug-likeness (QED) is 0.217. The van der Waals surface area contributed by atoms with Crippen LogP contribution in [0, 0.1) is 0 Å². The van der Waals surface area contributed by atoms with Gasteiger partial charge in [-0.05, 0) is 0 Å². The monoisotopic (exact) mass is 436 g/mol. The first kappa shape index (κ1) is 23.7. The summed E-state index contributed by atoms with van der Waals surface area (Å²) in [6.07, 6.45) is 0.147. The summed E-state index contributed by atoms with van der Waals surface area (Å²) in [6, 6.07) is 14.3. The van der Waals surface area contributed by atoms with Crippen LogP contribution >= 0.6 is 7.26 Å². The standard InChI is InChI=1S/C22H27F6P/c1-3-4-5-12-17-20(23,24)21(25,26)22(27,28)29(2,18-13-8-6-9-14-18)19-15-10-7-11-16-19/h6-11,13-16,29H,3-5,12,17H2,1-2H3. The third kappa shape index (κ3) is 4.33. The van der Waals surface area contributed by atoms with Crippen LogP contribution in [0.25, 0.3) is 0 Å². The summed E-state index contributed by atoms with van der Waals surface area (Å²) in [5.74, 6) is -10.3. The van der Waals surface area contributed by atoms with Crippen molar-refractivity contribution < 1.29 is 26.3 Å². The van der Waals surface area contributed by atoms with E-state index in [1.807, 2.05) is 6.92 Å². The van der Waals surface area contributed by atoms with Gasteiger partial charge in [-0.2, -0.15) is 0 Å². The Morgan fingerprint density at radius 2 is 1.14 bits per heavy atom. The van der Waals surface area contributed by atoms with Gasteiger partial charge in [0.2, 0.25) is 0 Å². The predicted molar refractivity (Wildman–Crippen MR) is 110 cm³/mol. The Morgan fingerprint density at radius 3 is 1.55 bits per heavy atom. The van der Waals surface area contributed by atoms with Crippen LogP contribution in [-0.4, -0.2) is 24.2 Å². The number of rotatable bonds is 10. The van der Waals surface area contributed by atoms with Crippen molar-refractivity contribution in [3.63, 3.8) is 0 Å². The second kappa shape index (κ2) is 9.07. The van der Waals surface area contributed by atoms with Crippen LogP contribution in [-0.2, 0) is 0 Å². The third-order valence-corrected chi connectivity index (χ3v) is 10.1. The molecule has 0 aliphatic carbocycles. The van der Waals surface area contributed by atoms with Gasteiger partial charge in [0.1, 0.15) is 0 Å². The molecule has 0 aromatic heterocycles. The predicted octanol–water partition coefficient (Wildman–Crippen LogP) is 6.85. The normalized spacial score (nSPS) is 14.1. The SMILES string of the molecule is CCCCCCC(F)(F)C(F)(F)C(F)(F)[PH](C)(c1ccccc1)c1ccccc1. The average molecular weight is 436 g/mol. The first-order valence-corrected chi connectivity index (χ1v) is 12.3. The zero-order valence-corrected chi connectivity index (χ0v) is 17.6. The fourth-order valence-electron chi connectivity index (χ4n) is 3.55. The van der Waals surface area contributed by atoms with Gasteiger partial charge in [0.15, 0.2) is 0 Å². The number of alkyl halides is 6. The molecule has 0 amide bonds. The van der Waals surface area contributed by atoms with Crippen LogP contribution in [0.4, 0.5) is 26.3 Å². The molecule has 2 aromatic rings. The van der Waals surface area contributed by atoms with Crippen molar-refractivity contribution in [2.24, 2.45) is 0 Å². The Morgan fingerprint density at radius 1 is 0.690 bits per heavy atom. The van der Waals surface area contributed by atoms with E-state index in [1.165, 1.54) is 48.5 Å². The topological polar surface area (TPSA) is 0 Å². The van der Waals surface area contributed by atoms with E-state index in [0.29, 0.717) is 12.8 Å². The van der Waals surface area contributed by atoms with Crippen LogP contribution in [0.3, 0.4) is 0 Å². The van der Waals surface area contributed by atoms with E-state index in [1.54, 1.807) is 12.1 Å². The van der Waals surface area contributed by atoms with Crippen LogP contribution in [0.15, 0.2) is 60.7 Å². The van der Waals surface area contributed by atoms with Gasteiger partial charge in [-0.3, -0.25) is 0 Å². The molecule has 0 nitrogen and oxygen atoms in total. The molecule has 0 radical (unpaired) electrons. The van der Waals surface area contributed by atoms with Gasteiger partial charge < -0.3 is 0 Å². The van der Waals surface area contributed by atoms with Crippen molar-refractivity contribution >= 4 is 17.9 Å². The van der Waals surface area contributed by atoms with Crippen molar-refractivity contribution in [2.75, 3.05) is 6.66 Å². The maximum absolute atomic E-state index is 15.5. The van der Waals surface area contributed by atoms with E-state index < -0.39 is 31.2 Å². The fraction of sp³-hybridized carbons (Fsp3) is 0.455. The minimum atomic E-state index is -5.47. The Kier molecular flexibility index (Phi) is 7.42. The number of benzene rings is 2. The van der Waals surface area contributed by atoms with Crippen molar-refractivity contribution in [2.45, 2.75) is 56.5 Å². The van der Waals surface area contributed by atoms with E-state index in [-0.39, 0.29) is 17.0 Å². The van der Waals surface area contributed by atoms with Crippen LogP contribution in [0.1, 0.15) is 39.0 Å². The summed E-state index contributed by atoms with van der Waals surface area (Å²) in [6.45, 7) is 2.89. The molecular formula is C22H27F6P. The molecule has 0 fully saturated rings. The number of hydrogen-bond acceptors (Lipinski definition) is 0. The third-order valence-electron chi connectivity index (χ3n) is 5.53. The second-order valence-electron chi connectivity index (χ2n) is 7.52. The molecule has 0 aliphatic heterocycles. The summed E-state index contributed by atoms with van der Waals surface area (Å²) in [7, 11) is -4.59. The van der Waals surface area contributed by atoms with Crippen molar-refractivity contribution in [3.05, 3.63) is 60.7 Å². The Balaban J connectivity index is 2.54. The molecular weight excluding hydrogens is 409 g/mol. The number of halogens is 6. The molecule has 0 N–H and O–H groups in total. The van der Waals surface area contributed by atoms with Crippen molar-refractivity contribution in [1.82, 2.24) is 0 Å². The maximum atomic E-state index is 15.5. The van der Waals surface area contributed by atoms with Crippen molar-refractivity contribution in [3.8, 4) is 0 Å². The molecule has 29 heavy (non-hydrogen) atoms. The Hall–Kier alpha value is -1.55. The molecule has 7 heteroatoms. The molecule has 0 bridgehead atoms. The first-order valence-electron chi connectivity index (χ1n) is 9.77. The zero-order valence-electron chi connectivity index (χ0n) is 16.6. The zero-order chi connectivity index (χ0) is 21.8. The number of hydrogen-bond donors (Lipinski definition) is 0. The molecule has 0 spiro atoms. The van der Waals surface area contributed by atoms with E-state index in [2.05, 4.69) is 0 Å². The summed E-state index contributed by atoms with van der Waals surface area (Å²) >= 11 is 0. The van der Waals surface area contributed by atoms with Crippen LogP contribution in [0.5, 0.6) is 0 Å². The summed E-state index contributed by atoms with van der Waals surface area (Å²) in [4.78, 5) is 0. The van der Waals surface area contributed by atoms with Gasteiger partial charge in [-0.25, -0.2) is 0 Å². The molecule has 2 aromatic carbocycles. The van der Waals surface area contributed by atoms with Gasteiger partial charge in [-0.15, -0.1) is 0 Å². The van der Waals surface area contributed by atoms with Gasteiger partial charge >= 0.3 is 168 Å². The molecule has 162 valence electrons. The van der Waals surface area contributed by atoms with E-state index >= 15 is 8.78 Å². The molecule has 0 saturated carbocycles. The second-order valence-corrected chi connectivity index (χ2v) is 11.6. The van der Waals surface area contributed by atoms with Gasteiger partial charge in [0, 0.05) is 0 Å². The van der Waals surface area contributed by atoms with E-state index in [4.69, 9.17) is 0 Å². The van der Waals surface area contributed by atoms with E-state index in [0.717, 1.165) is 13.1 Å². The van der Waals surface area contributed by atoms with Crippen molar-refractivity contribution in [1.29, 1.82) is 0 Å². The summed E-state index contributed by atoms with van der Waals surface area (Å²) in [5.41, 5.74) is -4.91. The van der Waals surface area contributed by atoms with E-state index in [9.17, 15) is 17.6 Å². The van der Waals surface area contributed by atoms with Crippen LogP contribution < -0.4 is 10.6 Å². The number of unbranched alkanes of at least 4 members (excludes halogenated alkanes) is 3. The average Bonchev–Trinajstić information content (AvgIpc) is 2.71. The summed E-state index contributed by atoms with van der Waals surface area (Å²) < 4.78 is 89.8. The summed E-state index contributed by atoms with van der Waals surface area (Å²) in [5, 5.41) is -0.0321. The molecule has 0 atom stereocenters. The molecule has 2 rings (SSSR count). The molecule has 0 heterocycles. The molecule has 0 saturated heterocycles. The van der Waals surface area contributed by atoms with Gasteiger partial charge in [0.05, 0.1) is 0 Å².